The van der Waals surface area contributed by atoms with E-state index in [1.165, 1.54) is 0 Å². The molecule has 236 valence electrons. The van der Waals surface area contributed by atoms with Crippen molar-refractivity contribution in [3.63, 3.8) is 0 Å². The van der Waals surface area contributed by atoms with E-state index in [2.05, 4.69) is 20.9 Å². The largest absolute Gasteiger partial charge is 0.461 e. The summed E-state index contributed by atoms with van der Waals surface area (Å²) < 4.78 is 33.9. The second kappa shape index (κ2) is 11.5. The maximum Gasteiger partial charge on any atom is 0.318 e. The Morgan fingerprint density at radius 3 is 3.00 bits per heavy atom. The molecule has 4 atom stereocenters. The van der Waals surface area contributed by atoms with Gasteiger partial charge in [0.15, 0.2) is 0 Å². The number of alkyl halides is 1. The van der Waals surface area contributed by atoms with Crippen molar-refractivity contribution in [1.29, 1.82) is 5.26 Å². The molecule has 0 radical (unpaired) electrons. The highest BCUT2D eigenvalue weighted by Gasteiger charge is 2.50. The normalized spacial score (nSPS) is 29.6. The van der Waals surface area contributed by atoms with Crippen molar-refractivity contribution in [1.82, 2.24) is 19.9 Å². The quantitative estimate of drug-likeness (QED) is 0.409. The Morgan fingerprint density at radius 1 is 1.20 bits per heavy atom. The lowest BCUT2D eigenvalue weighted by Gasteiger charge is -2.43. The molecule has 12 heteroatoms. The lowest BCUT2D eigenvalue weighted by Crippen LogP contribution is -2.44. The number of anilines is 2. The molecule has 10 nitrogen and oxygen atoms in total. The summed E-state index contributed by atoms with van der Waals surface area (Å²) >= 11 is 1.64. The number of nitriles is 1. The molecule has 0 amide bonds. The third-order valence-corrected chi connectivity index (χ3v) is 11.4. The van der Waals surface area contributed by atoms with Crippen molar-refractivity contribution in [2.45, 2.75) is 74.8 Å². The van der Waals surface area contributed by atoms with Crippen molar-refractivity contribution in [3.05, 3.63) is 56.7 Å². The Balaban J connectivity index is 1.18. The fourth-order valence-corrected chi connectivity index (χ4v) is 9.12. The number of thiazole rings is 1. The highest BCUT2D eigenvalue weighted by molar-refractivity contribution is 7.09. The SMILES string of the molecule is N#Cc1c(N)ccc2c1C1(CCC2)Cc2nc(OCC34CCCN3CC(F)C4)nc(N3CCOCC(c4nccs4)C3)c2CO1. The molecule has 45 heavy (non-hydrogen) atoms. The van der Waals surface area contributed by atoms with Crippen LogP contribution in [0.4, 0.5) is 15.9 Å². The van der Waals surface area contributed by atoms with Crippen LogP contribution in [0.1, 0.15) is 71.0 Å². The highest BCUT2D eigenvalue weighted by Crippen LogP contribution is 2.48. The number of rotatable bonds is 5. The van der Waals surface area contributed by atoms with Gasteiger partial charge in [0, 0.05) is 60.9 Å². The number of fused-ring (bicyclic) bond motifs is 4. The van der Waals surface area contributed by atoms with E-state index in [1.807, 2.05) is 23.7 Å². The maximum absolute atomic E-state index is 14.6. The lowest BCUT2D eigenvalue weighted by molar-refractivity contribution is -0.0857. The van der Waals surface area contributed by atoms with Gasteiger partial charge in [0.2, 0.25) is 0 Å². The van der Waals surface area contributed by atoms with Crippen LogP contribution in [0.25, 0.3) is 0 Å². The standard InChI is InChI=1S/C33H38FN7O3S/c34-23-13-32(6-2-9-41(32)17-23)20-43-31-38-27-14-33(7-1-3-21-4-5-26(36)24(15-35)28(21)33)44-19-25(27)29(39-31)40-10-11-42-18-22(16-40)30-37-8-12-45-30/h4-5,8,12,22-23H,1-3,6-7,9-11,13-14,16-20,36H2. The molecule has 4 aliphatic heterocycles. The molecule has 3 saturated heterocycles. The van der Waals surface area contributed by atoms with Crippen LogP contribution in [0.15, 0.2) is 23.7 Å². The summed E-state index contributed by atoms with van der Waals surface area (Å²) in [6, 6.07) is 6.54. The zero-order chi connectivity index (χ0) is 30.6. The predicted molar refractivity (Wildman–Crippen MR) is 167 cm³/mol. The molecule has 0 bridgehead atoms. The van der Waals surface area contributed by atoms with Gasteiger partial charge in [-0.15, -0.1) is 11.3 Å². The fraction of sp³-hybridized carbons (Fsp3) is 0.576. The first-order valence-electron chi connectivity index (χ1n) is 16.1. The Labute approximate surface area is 266 Å². The number of ether oxygens (including phenoxy) is 3. The van der Waals surface area contributed by atoms with E-state index in [-0.39, 0.29) is 11.5 Å². The van der Waals surface area contributed by atoms with Crippen molar-refractivity contribution < 1.29 is 18.6 Å². The van der Waals surface area contributed by atoms with Gasteiger partial charge in [0.1, 0.15) is 30.3 Å². The molecule has 1 spiro atoms. The van der Waals surface area contributed by atoms with Gasteiger partial charge in [-0.05, 0) is 50.3 Å². The summed E-state index contributed by atoms with van der Waals surface area (Å²) in [5.74, 6) is 0.896. The molecule has 1 aliphatic carbocycles. The van der Waals surface area contributed by atoms with E-state index in [4.69, 9.17) is 29.9 Å². The summed E-state index contributed by atoms with van der Waals surface area (Å²) in [4.78, 5) is 19.2. The number of hydrogen-bond donors (Lipinski definition) is 1. The Kier molecular flexibility index (Phi) is 7.40. The van der Waals surface area contributed by atoms with Crippen LogP contribution in [-0.4, -0.2) is 77.6 Å². The van der Waals surface area contributed by atoms with E-state index in [9.17, 15) is 9.65 Å². The van der Waals surface area contributed by atoms with E-state index in [0.717, 1.165) is 71.9 Å². The minimum Gasteiger partial charge on any atom is -0.461 e. The molecular weight excluding hydrogens is 593 g/mol. The molecule has 8 rings (SSSR count). The van der Waals surface area contributed by atoms with Gasteiger partial charge >= 0.3 is 6.01 Å². The number of nitrogens with zero attached hydrogens (tertiary/aromatic N) is 6. The summed E-state index contributed by atoms with van der Waals surface area (Å²) in [6.45, 7) is 4.55. The second-order valence-electron chi connectivity index (χ2n) is 13.2. The molecular formula is C33H38FN7O3S. The number of nitrogens with two attached hydrogens (primary N) is 1. The van der Waals surface area contributed by atoms with Crippen molar-refractivity contribution in [2.75, 3.05) is 56.6 Å². The lowest BCUT2D eigenvalue weighted by atomic mass is 9.72. The topological polar surface area (TPSA) is 123 Å². The minimum atomic E-state index is -0.834. The van der Waals surface area contributed by atoms with Crippen LogP contribution in [0, 0.1) is 11.3 Å². The molecule has 1 aromatic carbocycles. The smallest absolute Gasteiger partial charge is 0.318 e. The van der Waals surface area contributed by atoms with Crippen molar-refractivity contribution in [3.8, 4) is 12.1 Å². The molecule has 6 heterocycles. The maximum atomic E-state index is 14.6. The van der Waals surface area contributed by atoms with E-state index in [0.29, 0.717) is 76.2 Å². The number of aromatic nitrogens is 3. The van der Waals surface area contributed by atoms with Crippen LogP contribution in [-0.2, 0) is 34.5 Å². The molecule has 5 aliphatic rings. The third-order valence-electron chi connectivity index (χ3n) is 10.5. The summed E-state index contributed by atoms with van der Waals surface area (Å²) in [5, 5.41) is 13.2. The summed E-state index contributed by atoms with van der Waals surface area (Å²) in [5.41, 5.74) is 10.1. The third kappa shape index (κ3) is 5.04. The van der Waals surface area contributed by atoms with Gasteiger partial charge in [-0.1, -0.05) is 6.07 Å². The van der Waals surface area contributed by atoms with E-state index >= 15 is 0 Å². The molecule has 3 fully saturated rings. The van der Waals surface area contributed by atoms with Gasteiger partial charge in [-0.3, -0.25) is 4.90 Å². The van der Waals surface area contributed by atoms with Gasteiger partial charge in [-0.25, -0.2) is 9.37 Å². The summed E-state index contributed by atoms with van der Waals surface area (Å²) in [6.07, 6.45) is 6.52. The Bertz CT molecular complexity index is 1630. The predicted octanol–water partition coefficient (Wildman–Crippen LogP) is 4.27. The molecule has 2 N–H and O–H groups in total. The fourth-order valence-electron chi connectivity index (χ4n) is 8.40. The van der Waals surface area contributed by atoms with Gasteiger partial charge in [0.05, 0.1) is 47.5 Å². The van der Waals surface area contributed by atoms with Crippen LogP contribution in [0.5, 0.6) is 6.01 Å². The molecule has 0 saturated carbocycles. The van der Waals surface area contributed by atoms with Crippen LogP contribution in [0.2, 0.25) is 0 Å². The number of hydrogen-bond acceptors (Lipinski definition) is 11. The Hall–Kier alpha value is -3.37. The highest BCUT2D eigenvalue weighted by atomic mass is 32.1. The number of benzene rings is 1. The molecule has 2 aromatic heterocycles. The van der Waals surface area contributed by atoms with E-state index in [1.54, 1.807) is 11.3 Å². The number of nitrogen functional groups attached to an aromatic ring is 1. The zero-order valence-electron chi connectivity index (χ0n) is 25.3. The first-order valence-corrected chi connectivity index (χ1v) is 16.9. The number of aryl methyl sites for hydroxylation is 1. The van der Waals surface area contributed by atoms with Gasteiger partial charge < -0.3 is 24.8 Å². The number of halogens is 1. The first kappa shape index (κ1) is 29.1. The second-order valence-corrected chi connectivity index (χ2v) is 14.1. The van der Waals surface area contributed by atoms with Crippen molar-refractivity contribution >= 4 is 22.8 Å². The van der Waals surface area contributed by atoms with Gasteiger partial charge in [-0.2, -0.15) is 15.2 Å². The van der Waals surface area contributed by atoms with Crippen LogP contribution < -0.4 is 15.4 Å². The van der Waals surface area contributed by atoms with Crippen LogP contribution in [0.3, 0.4) is 0 Å². The monoisotopic (exact) mass is 631 g/mol. The van der Waals surface area contributed by atoms with E-state index < -0.39 is 11.8 Å². The minimum absolute atomic E-state index is 0.107. The van der Waals surface area contributed by atoms with Crippen LogP contribution >= 0.6 is 11.3 Å². The summed E-state index contributed by atoms with van der Waals surface area (Å²) in [7, 11) is 0. The Morgan fingerprint density at radius 2 is 2.13 bits per heavy atom. The zero-order valence-corrected chi connectivity index (χ0v) is 26.2. The average molecular weight is 632 g/mol. The molecule has 3 aromatic rings. The van der Waals surface area contributed by atoms with Gasteiger partial charge in [0.25, 0.3) is 0 Å². The average Bonchev–Trinajstić information content (AvgIpc) is 3.73. The van der Waals surface area contributed by atoms with Crippen molar-refractivity contribution in [2.24, 2.45) is 0 Å². The first-order chi connectivity index (χ1) is 22.0. The molecule has 4 unspecified atom stereocenters.